The van der Waals surface area contributed by atoms with Gasteiger partial charge in [0.2, 0.25) is 0 Å². The molecule has 27 heavy (non-hydrogen) atoms. The molecule has 0 heterocycles. The maximum atomic E-state index is 14.4. The first-order chi connectivity index (χ1) is 12.6. The van der Waals surface area contributed by atoms with Crippen LogP contribution >= 0.6 is 22.6 Å². The number of hydrogen-bond donors (Lipinski definition) is 3. The van der Waals surface area contributed by atoms with Crippen LogP contribution in [-0.4, -0.2) is 23.2 Å². The summed E-state index contributed by atoms with van der Waals surface area (Å²) in [5.41, 5.74) is 2.24. The molecule has 0 aliphatic rings. The Morgan fingerprint density at radius 3 is 2.59 bits per heavy atom. The quantitative estimate of drug-likeness (QED) is 0.305. The highest BCUT2D eigenvalue weighted by molar-refractivity contribution is 14.1. The van der Waals surface area contributed by atoms with Gasteiger partial charge in [0.05, 0.1) is 23.5 Å². The standard InChI is InChI=1S/C19H21F2IN2O3/c1-11-10-12(22)4-7-15(11)23-17-13(5-6-14(20)16(17)21)18(25)24-27-9-8-19(2,3)26/h4-7,10,23,26H,8-9H2,1-3H3,(H,24,25). The van der Waals surface area contributed by atoms with Gasteiger partial charge in [-0.15, -0.1) is 0 Å². The van der Waals surface area contributed by atoms with Crippen molar-refractivity contribution in [3.63, 3.8) is 0 Å². The fourth-order valence-corrected chi connectivity index (χ4v) is 2.88. The Morgan fingerprint density at radius 2 is 1.96 bits per heavy atom. The zero-order valence-corrected chi connectivity index (χ0v) is 17.4. The third-order valence-electron chi connectivity index (χ3n) is 3.77. The third-order valence-corrected chi connectivity index (χ3v) is 4.44. The maximum absolute atomic E-state index is 14.4. The van der Waals surface area contributed by atoms with Gasteiger partial charge in [0.1, 0.15) is 0 Å². The number of benzene rings is 2. The van der Waals surface area contributed by atoms with Crippen LogP contribution < -0.4 is 10.8 Å². The average molecular weight is 490 g/mol. The average Bonchev–Trinajstić information content (AvgIpc) is 2.57. The van der Waals surface area contributed by atoms with Crippen molar-refractivity contribution in [2.24, 2.45) is 0 Å². The molecule has 2 aromatic rings. The Labute approximate surface area is 170 Å². The normalized spacial score (nSPS) is 11.4. The molecule has 0 bridgehead atoms. The topological polar surface area (TPSA) is 70.6 Å². The van der Waals surface area contributed by atoms with E-state index in [9.17, 15) is 18.7 Å². The molecule has 5 nitrogen and oxygen atoms in total. The van der Waals surface area contributed by atoms with Crippen LogP contribution in [0.25, 0.3) is 0 Å². The van der Waals surface area contributed by atoms with Crippen LogP contribution in [0, 0.1) is 22.1 Å². The summed E-state index contributed by atoms with van der Waals surface area (Å²) in [6.07, 6.45) is 0.290. The zero-order valence-electron chi connectivity index (χ0n) is 15.2. The minimum absolute atomic E-state index is 0.0674. The van der Waals surface area contributed by atoms with Crippen molar-refractivity contribution in [2.75, 3.05) is 11.9 Å². The molecule has 0 aromatic heterocycles. The molecular formula is C19H21F2IN2O3. The van der Waals surface area contributed by atoms with Gasteiger partial charge in [-0.05, 0) is 79.3 Å². The molecule has 0 aliphatic heterocycles. The lowest BCUT2D eigenvalue weighted by atomic mass is 10.1. The number of carbonyl (C=O) groups is 1. The van der Waals surface area contributed by atoms with Gasteiger partial charge in [-0.2, -0.15) is 0 Å². The van der Waals surface area contributed by atoms with Gasteiger partial charge < -0.3 is 10.4 Å². The van der Waals surface area contributed by atoms with E-state index in [-0.39, 0.29) is 24.3 Å². The number of amides is 1. The molecule has 0 saturated carbocycles. The Kier molecular flexibility index (Phi) is 7.12. The first-order valence-corrected chi connectivity index (χ1v) is 9.32. The summed E-state index contributed by atoms with van der Waals surface area (Å²) in [4.78, 5) is 17.4. The van der Waals surface area contributed by atoms with E-state index >= 15 is 0 Å². The second-order valence-corrected chi connectivity index (χ2v) is 7.96. The first-order valence-electron chi connectivity index (χ1n) is 8.24. The lowest BCUT2D eigenvalue weighted by Crippen LogP contribution is -2.28. The van der Waals surface area contributed by atoms with E-state index in [0.29, 0.717) is 5.69 Å². The first kappa shape index (κ1) is 21.5. The summed E-state index contributed by atoms with van der Waals surface area (Å²) in [6.45, 7) is 5.11. The number of aryl methyl sites for hydroxylation is 1. The molecule has 146 valence electrons. The highest BCUT2D eigenvalue weighted by Crippen LogP contribution is 2.28. The Morgan fingerprint density at radius 1 is 1.26 bits per heavy atom. The number of halogens is 3. The molecule has 0 radical (unpaired) electrons. The van der Waals surface area contributed by atoms with E-state index in [2.05, 4.69) is 33.4 Å². The van der Waals surface area contributed by atoms with Crippen LogP contribution in [0.15, 0.2) is 30.3 Å². The van der Waals surface area contributed by atoms with Gasteiger partial charge in [0.25, 0.3) is 5.91 Å². The van der Waals surface area contributed by atoms with Crippen LogP contribution in [0.2, 0.25) is 0 Å². The zero-order chi connectivity index (χ0) is 20.2. The van der Waals surface area contributed by atoms with Gasteiger partial charge in [-0.25, -0.2) is 14.3 Å². The predicted octanol–water partition coefficient (Wildman–Crippen LogP) is 4.44. The van der Waals surface area contributed by atoms with Crippen LogP contribution in [0.1, 0.15) is 36.2 Å². The molecule has 0 saturated heterocycles. The SMILES string of the molecule is Cc1cc(I)ccc1Nc1c(C(=O)NOCCC(C)(C)O)ccc(F)c1F. The molecule has 0 spiro atoms. The minimum atomic E-state index is -1.16. The fraction of sp³-hybridized carbons (Fsp3) is 0.316. The molecule has 2 aromatic carbocycles. The summed E-state index contributed by atoms with van der Waals surface area (Å²) in [6, 6.07) is 7.47. The van der Waals surface area contributed by atoms with Crippen molar-refractivity contribution in [3.8, 4) is 0 Å². The fourth-order valence-electron chi connectivity index (χ4n) is 2.24. The molecule has 8 heteroatoms. The van der Waals surface area contributed by atoms with Gasteiger partial charge in [-0.3, -0.25) is 9.63 Å². The van der Waals surface area contributed by atoms with Crippen molar-refractivity contribution in [2.45, 2.75) is 32.8 Å². The van der Waals surface area contributed by atoms with Crippen LogP contribution in [0.4, 0.5) is 20.2 Å². The van der Waals surface area contributed by atoms with Crippen molar-refractivity contribution < 1.29 is 23.5 Å². The molecule has 0 atom stereocenters. The largest absolute Gasteiger partial charge is 0.390 e. The van der Waals surface area contributed by atoms with Gasteiger partial charge >= 0.3 is 0 Å². The van der Waals surface area contributed by atoms with Crippen molar-refractivity contribution in [1.29, 1.82) is 0 Å². The molecule has 0 fully saturated rings. The smallest absolute Gasteiger partial charge is 0.277 e. The van der Waals surface area contributed by atoms with E-state index in [1.165, 1.54) is 6.07 Å². The summed E-state index contributed by atoms with van der Waals surface area (Å²) >= 11 is 2.15. The van der Waals surface area contributed by atoms with Gasteiger partial charge in [0.15, 0.2) is 11.6 Å². The minimum Gasteiger partial charge on any atom is -0.390 e. The summed E-state index contributed by atoms with van der Waals surface area (Å²) < 4.78 is 29.1. The number of anilines is 2. The number of hydrogen-bond acceptors (Lipinski definition) is 4. The third kappa shape index (κ3) is 6.12. The number of nitrogens with one attached hydrogen (secondary N) is 2. The van der Waals surface area contributed by atoms with E-state index in [4.69, 9.17) is 4.84 Å². The molecule has 0 unspecified atom stereocenters. The second kappa shape index (κ2) is 8.94. The summed E-state index contributed by atoms with van der Waals surface area (Å²) in [5.74, 6) is -2.95. The van der Waals surface area contributed by atoms with Gasteiger partial charge in [0, 0.05) is 15.7 Å². The van der Waals surface area contributed by atoms with E-state index in [1.807, 2.05) is 19.1 Å². The molecule has 1 amide bonds. The molecular weight excluding hydrogens is 469 g/mol. The Balaban J connectivity index is 2.21. The molecule has 0 aliphatic carbocycles. The van der Waals surface area contributed by atoms with Crippen molar-refractivity contribution in [3.05, 3.63) is 56.7 Å². The monoisotopic (exact) mass is 490 g/mol. The Bertz CT molecular complexity index is 838. The van der Waals surface area contributed by atoms with Crippen LogP contribution in [0.3, 0.4) is 0 Å². The van der Waals surface area contributed by atoms with E-state index < -0.39 is 23.1 Å². The summed E-state index contributed by atoms with van der Waals surface area (Å²) in [5, 5.41) is 12.4. The highest BCUT2D eigenvalue weighted by Gasteiger charge is 2.20. The van der Waals surface area contributed by atoms with E-state index in [0.717, 1.165) is 15.2 Å². The maximum Gasteiger partial charge on any atom is 0.277 e. The van der Waals surface area contributed by atoms with Crippen LogP contribution in [-0.2, 0) is 4.84 Å². The lowest BCUT2D eigenvalue weighted by Gasteiger charge is -2.17. The van der Waals surface area contributed by atoms with E-state index in [1.54, 1.807) is 19.9 Å². The van der Waals surface area contributed by atoms with Crippen molar-refractivity contribution >= 4 is 39.9 Å². The van der Waals surface area contributed by atoms with Crippen molar-refractivity contribution in [1.82, 2.24) is 5.48 Å². The van der Waals surface area contributed by atoms with Gasteiger partial charge in [-0.1, -0.05) is 0 Å². The summed E-state index contributed by atoms with van der Waals surface area (Å²) in [7, 11) is 0. The Hall–Kier alpha value is -1.78. The number of rotatable bonds is 7. The second-order valence-electron chi connectivity index (χ2n) is 6.71. The molecule has 2 rings (SSSR count). The number of hydroxylamine groups is 1. The number of aliphatic hydroxyl groups is 1. The lowest BCUT2D eigenvalue weighted by molar-refractivity contribution is -0.00570. The predicted molar refractivity (Wildman–Crippen MR) is 108 cm³/mol. The number of carbonyl (C=O) groups excluding carboxylic acids is 1. The van der Waals surface area contributed by atoms with Crippen LogP contribution in [0.5, 0.6) is 0 Å². The molecule has 3 N–H and O–H groups in total. The highest BCUT2D eigenvalue weighted by atomic mass is 127.